The van der Waals surface area contributed by atoms with Gasteiger partial charge in [-0.05, 0) is 48.2 Å². The van der Waals surface area contributed by atoms with Gasteiger partial charge in [-0.1, -0.05) is 24.3 Å². The van der Waals surface area contributed by atoms with Crippen LogP contribution in [0.15, 0.2) is 36.4 Å². The molecule has 0 heterocycles. The van der Waals surface area contributed by atoms with Crippen molar-refractivity contribution < 1.29 is 22.6 Å². The van der Waals surface area contributed by atoms with Crippen molar-refractivity contribution in [3.8, 4) is 11.5 Å². The number of halogens is 4. The van der Waals surface area contributed by atoms with Gasteiger partial charge in [-0.25, -0.2) is 0 Å². The topological polar surface area (TPSA) is 18.5 Å². The Balaban J connectivity index is 2.22. The molecule has 23 heavy (non-hydrogen) atoms. The van der Waals surface area contributed by atoms with Gasteiger partial charge in [0.1, 0.15) is 18.1 Å². The van der Waals surface area contributed by atoms with Crippen LogP contribution in [0.25, 0.3) is 0 Å². The highest BCUT2D eigenvalue weighted by molar-refractivity contribution is 6.17. The lowest BCUT2D eigenvalue weighted by Gasteiger charge is -2.15. The Labute approximate surface area is 137 Å². The van der Waals surface area contributed by atoms with E-state index in [0.717, 1.165) is 16.9 Å². The van der Waals surface area contributed by atoms with Gasteiger partial charge < -0.3 is 9.47 Å². The normalized spacial score (nSPS) is 11.4. The molecule has 0 fully saturated rings. The summed E-state index contributed by atoms with van der Waals surface area (Å²) in [5.74, 6) is 0.610. The Morgan fingerprint density at radius 1 is 1.00 bits per heavy atom. The van der Waals surface area contributed by atoms with E-state index in [-0.39, 0.29) is 18.2 Å². The van der Waals surface area contributed by atoms with E-state index < -0.39 is 6.36 Å². The molecule has 0 aliphatic heterocycles. The van der Waals surface area contributed by atoms with Crippen LogP contribution in [0.3, 0.4) is 0 Å². The fourth-order valence-electron chi connectivity index (χ4n) is 2.24. The zero-order valence-corrected chi connectivity index (χ0v) is 13.5. The lowest BCUT2D eigenvalue weighted by molar-refractivity contribution is -0.274. The molecule has 2 nitrogen and oxygen atoms in total. The lowest BCUT2D eigenvalue weighted by atomic mass is 10.1. The zero-order valence-electron chi connectivity index (χ0n) is 12.7. The molecule has 0 amide bonds. The minimum Gasteiger partial charge on any atom is -0.488 e. The number of benzene rings is 2. The molecule has 2 rings (SSSR count). The quantitative estimate of drug-likeness (QED) is 0.665. The summed E-state index contributed by atoms with van der Waals surface area (Å²) in [5.41, 5.74) is 3.18. The average Bonchev–Trinajstić information content (AvgIpc) is 2.45. The van der Waals surface area contributed by atoms with E-state index in [1.165, 1.54) is 18.2 Å². The fraction of sp³-hybridized carbons (Fsp3) is 0.294. The molecule has 0 N–H and O–H groups in total. The Bertz CT molecular complexity index is 664. The molecule has 0 aliphatic rings. The van der Waals surface area contributed by atoms with Gasteiger partial charge in [-0.15, -0.1) is 24.8 Å². The number of ether oxygens (including phenoxy) is 2. The minimum atomic E-state index is -4.73. The minimum absolute atomic E-state index is 0.114. The van der Waals surface area contributed by atoms with E-state index in [9.17, 15) is 13.2 Å². The van der Waals surface area contributed by atoms with Crippen LogP contribution in [0.5, 0.6) is 11.5 Å². The third kappa shape index (κ3) is 4.79. The second-order valence-electron chi connectivity index (χ2n) is 5.12. The highest BCUT2D eigenvalue weighted by Gasteiger charge is 2.31. The van der Waals surface area contributed by atoms with Crippen molar-refractivity contribution in [3.05, 3.63) is 58.7 Å². The first kappa shape index (κ1) is 17.5. The first-order chi connectivity index (χ1) is 10.8. The summed E-state index contributed by atoms with van der Waals surface area (Å²) >= 11 is 5.84. The van der Waals surface area contributed by atoms with Gasteiger partial charge in [-0.3, -0.25) is 0 Å². The van der Waals surface area contributed by atoms with Gasteiger partial charge in [0.2, 0.25) is 0 Å². The smallest absolute Gasteiger partial charge is 0.488 e. The number of para-hydroxylation sites is 1. The summed E-state index contributed by atoms with van der Waals surface area (Å²) in [6, 6.07) is 9.80. The molecule has 0 radical (unpaired) electrons. The molecule has 0 saturated heterocycles. The molecule has 2 aromatic carbocycles. The predicted molar refractivity (Wildman–Crippen MR) is 82.9 cm³/mol. The molecule has 0 unspecified atom stereocenters. The van der Waals surface area contributed by atoms with Crippen molar-refractivity contribution in [2.24, 2.45) is 0 Å². The highest BCUT2D eigenvalue weighted by Crippen LogP contribution is 2.28. The van der Waals surface area contributed by atoms with Gasteiger partial charge in [0.25, 0.3) is 0 Å². The zero-order chi connectivity index (χ0) is 17.0. The van der Waals surface area contributed by atoms with Crippen LogP contribution in [-0.4, -0.2) is 6.36 Å². The first-order valence-electron chi connectivity index (χ1n) is 6.92. The van der Waals surface area contributed by atoms with Crippen molar-refractivity contribution in [1.29, 1.82) is 0 Å². The second kappa shape index (κ2) is 7.13. The van der Waals surface area contributed by atoms with E-state index in [2.05, 4.69) is 4.74 Å². The summed E-state index contributed by atoms with van der Waals surface area (Å²) < 4.78 is 46.7. The predicted octanol–water partition coefficient (Wildman–Crippen LogP) is 5.52. The Morgan fingerprint density at radius 3 is 2.22 bits per heavy atom. The van der Waals surface area contributed by atoms with Crippen LogP contribution in [0.1, 0.15) is 22.3 Å². The standard InChI is InChI=1S/C17H16ClF3O2/c1-11-4-3-5-12(2)16(11)22-10-14-8-15(23-17(19,20)21)7-6-13(14)9-18/h3-8H,9-10H2,1-2H3. The van der Waals surface area contributed by atoms with Crippen LogP contribution >= 0.6 is 11.6 Å². The van der Waals surface area contributed by atoms with Crippen molar-refractivity contribution in [2.75, 3.05) is 0 Å². The first-order valence-corrected chi connectivity index (χ1v) is 7.46. The monoisotopic (exact) mass is 344 g/mol. The fourth-order valence-corrected chi connectivity index (χ4v) is 2.50. The number of hydrogen-bond donors (Lipinski definition) is 0. The van der Waals surface area contributed by atoms with Gasteiger partial charge in [0, 0.05) is 5.88 Å². The lowest BCUT2D eigenvalue weighted by Crippen LogP contribution is -2.17. The summed E-state index contributed by atoms with van der Waals surface area (Å²) in [6.45, 7) is 3.94. The Kier molecular flexibility index (Phi) is 5.42. The third-order valence-electron chi connectivity index (χ3n) is 3.34. The summed E-state index contributed by atoms with van der Waals surface area (Å²) in [6.07, 6.45) is -4.73. The molecule has 2 aromatic rings. The molecular formula is C17H16ClF3O2. The molecular weight excluding hydrogens is 329 g/mol. The number of aryl methyl sites for hydroxylation is 2. The maximum Gasteiger partial charge on any atom is 0.573 e. The molecule has 0 aromatic heterocycles. The van der Waals surface area contributed by atoms with Crippen LogP contribution in [0.4, 0.5) is 13.2 Å². The largest absolute Gasteiger partial charge is 0.573 e. The molecule has 0 spiro atoms. The Hall–Kier alpha value is -1.88. The summed E-state index contributed by atoms with van der Waals surface area (Å²) in [5, 5.41) is 0. The molecule has 0 aliphatic carbocycles. The van der Waals surface area contributed by atoms with Crippen molar-refractivity contribution in [1.82, 2.24) is 0 Å². The van der Waals surface area contributed by atoms with Crippen molar-refractivity contribution in [3.63, 3.8) is 0 Å². The highest BCUT2D eigenvalue weighted by atomic mass is 35.5. The molecule has 0 bridgehead atoms. The van der Waals surface area contributed by atoms with E-state index in [4.69, 9.17) is 16.3 Å². The molecule has 0 saturated carbocycles. The molecule has 124 valence electrons. The van der Waals surface area contributed by atoms with Crippen LogP contribution in [0.2, 0.25) is 0 Å². The maximum absolute atomic E-state index is 12.3. The van der Waals surface area contributed by atoms with Crippen molar-refractivity contribution in [2.45, 2.75) is 32.7 Å². The second-order valence-corrected chi connectivity index (χ2v) is 5.39. The van der Waals surface area contributed by atoms with E-state index in [1.54, 1.807) is 0 Å². The number of rotatable bonds is 5. The van der Waals surface area contributed by atoms with Crippen LogP contribution < -0.4 is 9.47 Å². The van der Waals surface area contributed by atoms with E-state index in [0.29, 0.717) is 11.1 Å². The SMILES string of the molecule is Cc1cccc(C)c1OCc1cc(OC(F)(F)F)ccc1CCl. The molecule has 6 heteroatoms. The number of hydrogen-bond acceptors (Lipinski definition) is 2. The van der Waals surface area contributed by atoms with Gasteiger partial charge in [-0.2, -0.15) is 0 Å². The number of alkyl halides is 4. The average molecular weight is 345 g/mol. The van der Waals surface area contributed by atoms with Crippen LogP contribution in [0, 0.1) is 13.8 Å². The third-order valence-corrected chi connectivity index (χ3v) is 3.62. The Morgan fingerprint density at radius 2 is 1.65 bits per heavy atom. The maximum atomic E-state index is 12.3. The summed E-state index contributed by atoms with van der Waals surface area (Å²) in [4.78, 5) is 0. The summed E-state index contributed by atoms with van der Waals surface area (Å²) in [7, 11) is 0. The molecule has 0 atom stereocenters. The van der Waals surface area contributed by atoms with Gasteiger partial charge >= 0.3 is 6.36 Å². The van der Waals surface area contributed by atoms with Crippen LogP contribution in [-0.2, 0) is 12.5 Å². The van der Waals surface area contributed by atoms with Gasteiger partial charge in [0.15, 0.2) is 0 Å². The van der Waals surface area contributed by atoms with E-state index in [1.807, 2.05) is 32.0 Å². The van der Waals surface area contributed by atoms with E-state index >= 15 is 0 Å². The van der Waals surface area contributed by atoms with Crippen molar-refractivity contribution >= 4 is 11.6 Å². The van der Waals surface area contributed by atoms with Gasteiger partial charge in [0.05, 0.1) is 0 Å².